The average Bonchev–Trinajstić information content (AvgIpc) is 2.47. The van der Waals surface area contributed by atoms with Gasteiger partial charge in [-0.1, -0.05) is 0 Å². The van der Waals surface area contributed by atoms with Crippen molar-refractivity contribution in [1.29, 1.82) is 0 Å². The summed E-state index contributed by atoms with van der Waals surface area (Å²) in [6.45, 7) is 4.69. The number of hydrogen-bond donors (Lipinski definition) is 2. The summed E-state index contributed by atoms with van der Waals surface area (Å²) in [6.07, 6.45) is 2.02. The van der Waals surface area contributed by atoms with E-state index < -0.39 is 0 Å². The topological polar surface area (TPSA) is 73.6 Å². The SMILES string of the molecule is CCNC(=O)c1ccc(N)c(OCC2CCOCC2)c1. The van der Waals surface area contributed by atoms with Crippen LogP contribution >= 0.6 is 0 Å². The highest BCUT2D eigenvalue weighted by atomic mass is 16.5. The third kappa shape index (κ3) is 3.87. The van der Waals surface area contributed by atoms with Crippen LogP contribution in [0.25, 0.3) is 0 Å². The number of nitrogen functional groups attached to an aromatic ring is 1. The number of nitrogens with two attached hydrogens (primary N) is 1. The Morgan fingerprint density at radius 2 is 2.20 bits per heavy atom. The molecule has 1 aliphatic heterocycles. The van der Waals surface area contributed by atoms with E-state index in [9.17, 15) is 4.79 Å². The molecule has 20 heavy (non-hydrogen) atoms. The fraction of sp³-hybridized carbons (Fsp3) is 0.533. The van der Waals surface area contributed by atoms with Gasteiger partial charge in [-0.25, -0.2) is 0 Å². The number of rotatable bonds is 5. The number of carbonyl (C=O) groups excluding carboxylic acids is 1. The Kier molecular flexibility index (Phi) is 5.24. The molecule has 0 unspecified atom stereocenters. The molecule has 5 heteroatoms. The molecule has 1 aromatic carbocycles. The molecule has 0 aromatic heterocycles. The van der Waals surface area contributed by atoms with Gasteiger partial charge < -0.3 is 20.5 Å². The molecule has 1 aromatic rings. The quantitative estimate of drug-likeness (QED) is 0.806. The van der Waals surface area contributed by atoms with Crippen LogP contribution < -0.4 is 15.8 Å². The lowest BCUT2D eigenvalue weighted by molar-refractivity contribution is 0.0498. The van der Waals surface area contributed by atoms with Crippen molar-refractivity contribution in [2.75, 3.05) is 32.1 Å². The second-order valence-corrected chi connectivity index (χ2v) is 4.98. The lowest BCUT2D eigenvalue weighted by atomic mass is 10.0. The second kappa shape index (κ2) is 7.14. The van der Waals surface area contributed by atoms with E-state index in [2.05, 4.69) is 5.32 Å². The average molecular weight is 278 g/mol. The zero-order valence-electron chi connectivity index (χ0n) is 11.9. The van der Waals surface area contributed by atoms with Crippen LogP contribution in [-0.4, -0.2) is 32.3 Å². The van der Waals surface area contributed by atoms with Gasteiger partial charge in [-0.05, 0) is 43.9 Å². The maximum Gasteiger partial charge on any atom is 0.251 e. The third-order valence-corrected chi connectivity index (χ3v) is 3.43. The Hall–Kier alpha value is -1.75. The molecular weight excluding hydrogens is 256 g/mol. The van der Waals surface area contributed by atoms with Crippen molar-refractivity contribution in [3.63, 3.8) is 0 Å². The zero-order chi connectivity index (χ0) is 14.4. The van der Waals surface area contributed by atoms with Gasteiger partial charge in [0.05, 0.1) is 12.3 Å². The molecule has 1 amide bonds. The Balaban J connectivity index is 1.98. The minimum absolute atomic E-state index is 0.108. The van der Waals surface area contributed by atoms with Crippen LogP contribution in [0.5, 0.6) is 5.75 Å². The smallest absolute Gasteiger partial charge is 0.251 e. The number of ether oxygens (including phenoxy) is 2. The fourth-order valence-corrected chi connectivity index (χ4v) is 2.18. The van der Waals surface area contributed by atoms with Gasteiger partial charge in [0.2, 0.25) is 0 Å². The minimum Gasteiger partial charge on any atom is -0.491 e. The van der Waals surface area contributed by atoms with E-state index in [1.54, 1.807) is 18.2 Å². The van der Waals surface area contributed by atoms with E-state index >= 15 is 0 Å². The fourth-order valence-electron chi connectivity index (χ4n) is 2.18. The van der Waals surface area contributed by atoms with Crippen LogP contribution in [0.1, 0.15) is 30.1 Å². The lowest BCUT2D eigenvalue weighted by Gasteiger charge is -2.22. The Morgan fingerprint density at radius 3 is 2.90 bits per heavy atom. The predicted octanol–water partition coefficient (Wildman–Crippen LogP) is 1.82. The Morgan fingerprint density at radius 1 is 1.45 bits per heavy atom. The number of hydrogen-bond acceptors (Lipinski definition) is 4. The minimum atomic E-state index is -0.108. The molecule has 2 rings (SSSR count). The van der Waals surface area contributed by atoms with Gasteiger partial charge in [0.1, 0.15) is 5.75 Å². The maximum atomic E-state index is 11.8. The first-order valence-electron chi connectivity index (χ1n) is 7.09. The van der Waals surface area contributed by atoms with E-state index in [0.717, 1.165) is 26.1 Å². The van der Waals surface area contributed by atoms with Crippen LogP contribution in [0.15, 0.2) is 18.2 Å². The normalized spacial score (nSPS) is 15.8. The first kappa shape index (κ1) is 14.7. The van der Waals surface area contributed by atoms with Gasteiger partial charge in [0, 0.05) is 25.3 Å². The van der Waals surface area contributed by atoms with Crippen molar-refractivity contribution in [3.8, 4) is 5.75 Å². The highest BCUT2D eigenvalue weighted by Crippen LogP contribution is 2.25. The molecule has 0 aliphatic carbocycles. The number of anilines is 1. The van der Waals surface area contributed by atoms with Crippen LogP contribution in [0.3, 0.4) is 0 Å². The first-order valence-corrected chi connectivity index (χ1v) is 7.09. The summed E-state index contributed by atoms with van der Waals surface area (Å²) in [7, 11) is 0. The van der Waals surface area contributed by atoms with E-state index in [1.165, 1.54) is 0 Å². The van der Waals surface area contributed by atoms with Crippen LogP contribution in [0.4, 0.5) is 5.69 Å². The van der Waals surface area contributed by atoms with Crippen molar-refractivity contribution in [3.05, 3.63) is 23.8 Å². The summed E-state index contributed by atoms with van der Waals surface area (Å²) in [5.41, 5.74) is 7.03. The van der Waals surface area contributed by atoms with Crippen LogP contribution in [-0.2, 0) is 4.74 Å². The van der Waals surface area contributed by atoms with Crippen LogP contribution in [0, 0.1) is 5.92 Å². The molecule has 0 bridgehead atoms. The molecule has 1 fully saturated rings. The molecule has 0 spiro atoms. The van der Waals surface area contributed by atoms with Gasteiger partial charge in [-0.3, -0.25) is 4.79 Å². The van der Waals surface area contributed by atoms with Crippen molar-refractivity contribution in [2.45, 2.75) is 19.8 Å². The number of carbonyl (C=O) groups is 1. The standard InChI is InChI=1S/C15H22N2O3/c1-2-17-15(18)12-3-4-13(16)14(9-12)20-10-11-5-7-19-8-6-11/h3-4,9,11H,2,5-8,10,16H2,1H3,(H,17,18). The van der Waals surface area contributed by atoms with E-state index in [4.69, 9.17) is 15.2 Å². The summed E-state index contributed by atoms with van der Waals surface area (Å²) < 4.78 is 11.1. The molecule has 3 N–H and O–H groups in total. The van der Waals surface area contributed by atoms with Gasteiger partial charge in [-0.15, -0.1) is 0 Å². The second-order valence-electron chi connectivity index (χ2n) is 4.98. The third-order valence-electron chi connectivity index (χ3n) is 3.43. The molecule has 1 aliphatic rings. The molecule has 0 saturated carbocycles. The highest BCUT2D eigenvalue weighted by molar-refractivity contribution is 5.95. The number of benzene rings is 1. The largest absolute Gasteiger partial charge is 0.491 e. The molecular formula is C15H22N2O3. The van der Waals surface area contributed by atoms with Crippen molar-refractivity contribution in [2.24, 2.45) is 5.92 Å². The van der Waals surface area contributed by atoms with Gasteiger partial charge in [0.15, 0.2) is 0 Å². The highest BCUT2D eigenvalue weighted by Gasteiger charge is 2.15. The lowest BCUT2D eigenvalue weighted by Crippen LogP contribution is -2.23. The maximum absolute atomic E-state index is 11.8. The monoisotopic (exact) mass is 278 g/mol. The molecule has 0 atom stereocenters. The Bertz CT molecular complexity index is 456. The van der Waals surface area contributed by atoms with Crippen molar-refractivity contribution in [1.82, 2.24) is 5.32 Å². The molecule has 1 saturated heterocycles. The number of nitrogens with one attached hydrogen (secondary N) is 1. The van der Waals surface area contributed by atoms with E-state index in [0.29, 0.717) is 36.1 Å². The molecule has 5 nitrogen and oxygen atoms in total. The van der Waals surface area contributed by atoms with Gasteiger partial charge in [-0.2, -0.15) is 0 Å². The van der Waals surface area contributed by atoms with E-state index in [1.807, 2.05) is 6.92 Å². The summed E-state index contributed by atoms with van der Waals surface area (Å²) in [5.74, 6) is 0.972. The Labute approximate surface area is 119 Å². The molecule has 1 heterocycles. The van der Waals surface area contributed by atoms with Crippen LogP contribution in [0.2, 0.25) is 0 Å². The zero-order valence-corrected chi connectivity index (χ0v) is 11.9. The summed E-state index contributed by atoms with van der Waals surface area (Å²) in [6, 6.07) is 5.13. The van der Waals surface area contributed by atoms with Crippen molar-refractivity contribution < 1.29 is 14.3 Å². The molecule has 0 radical (unpaired) electrons. The van der Waals surface area contributed by atoms with E-state index in [-0.39, 0.29) is 5.91 Å². The first-order chi connectivity index (χ1) is 9.70. The number of amides is 1. The van der Waals surface area contributed by atoms with Gasteiger partial charge >= 0.3 is 0 Å². The van der Waals surface area contributed by atoms with Gasteiger partial charge in [0.25, 0.3) is 5.91 Å². The summed E-state index contributed by atoms with van der Waals surface area (Å²) >= 11 is 0. The predicted molar refractivity (Wildman–Crippen MR) is 77.9 cm³/mol. The summed E-state index contributed by atoms with van der Waals surface area (Å²) in [5, 5.41) is 2.76. The molecule has 110 valence electrons. The summed E-state index contributed by atoms with van der Waals surface area (Å²) in [4.78, 5) is 11.8. The van der Waals surface area contributed by atoms with Crippen molar-refractivity contribution >= 4 is 11.6 Å².